The van der Waals surface area contributed by atoms with E-state index in [1.54, 1.807) is 12.1 Å². The highest BCUT2D eigenvalue weighted by Crippen LogP contribution is 2.31. The number of rotatable bonds is 4. The van der Waals surface area contributed by atoms with Gasteiger partial charge < -0.3 is 19.1 Å². The van der Waals surface area contributed by atoms with Crippen LogP contribution in [-0.2, 0) is 20.7 Å². The number of likely N-dealkylation sites (tertiary alicyclic amines) is 1. The van der Waals surface area contributed by atoms with Crippen LogP contribution in [0.1, 0.15) is 38.7 Å². The summed E-state index contributed by atoms with van der Waals surface area (Å²) in [4.78, 5) is 26.3. The number of fused-ring (bicyclic) bond motifs is 1. The fourth-order valence-electron chi connectivity index (χ4n) is 3.55. The Morgan fingerprint density at radius 1 is 1.12 bits per heavy atom. The summed E-state index contributed by atoms with van der Waals surface area (Å²) < 4.78 is 16.2. The zero-order valence-electron chi connectivity index (χ0n) is 14.8. The molecular weight excluding hydrogens is 322 g/mol. The third-order valence-corrected chi connectivity index (χ3v) is 4.79. The average molecular weight is 347 g/mol. The zero-order valence-corrected chi connectivity index (χ0v) is 14.8. The predicted octanol–water partition coefficient (Wildman–Crippen LogP) is 2.33. The van der Waals surface area contributed by atoms with E-state index in [1.165, 1.54) is 0 Å². The van der Waals surface area contributed by atoms with E-state index in [2.05, 4.69) is 0 Å². The number of benzene rings is 1. The molecule has 2 atom stereocenters. The van der Waals surface area contributed by atoms with Gasteiger partial charge in [-0.1, -0.05) is 6.07 Å². The number of carbonyl (C=O) groups excluding carboxylic acids is 2. The van der Waals surface area contributed by atoms with Crippen LogP contribution in [-0.4, -0.2) is 48.7 Å². The van der Waals surface area contributed by atoms with Crippen molar-refractivity contribution in [2.45, 2.75) is 51.6 Å². The van der Waals surface area contributed by atoms with Gasteiger partial charge in [-0.25, -0.2) is 0 Å². The summed E-state index contributed by atoms with van der Waals surface area (Å²) in [6.45, 7) is 4.93. The Labute approximate surface area is 148 Å². The van der Waals surface area contributed by atoms with Crippen molar-refractivity contribution >= 4 is 11.9 Å². The summed E-state index contributed by atoms with van der Waals surface area (Å²) in [5, 5.41) is 0. The van der Waals surface area contributed by atoms with E-state index in [-0.39, 0.29) is 31.0 Å². The molecular formula is C19H25NO5. The van der Waals surface area contributed by atoms with Gasteiger partial charge in [0.1, 0.15) is 13.2 Å². The van der Waals surface area contributed by atoms with Crippen molar-refractivity contribution in [3.05, 3.63) is 23.8 Å². The normalized spacial score (nSPS) is 22.4. The van der Waals surface area contributed by atoms with E-state index in [9.17, 15) is 9.59 Å². The van der Waals surface area contributed by atoms with Crippen LogP contribution >= 0.6 is 0 Å². The van der Waals surface area contributed by atoms with Gasteiger partial charge in [0, 0.05) is 12.1 Å². The Bertz CT molecular complexity index is 635. The lowest BCUT2D eigenvalue weighted by Crippen LogP contribution is -2.49. The van der Waals surface area contributed by atoms with Crippen LogP contribution < -0.4 is 9.47 Å². The molecule has 2 aliphatic rings. The smallest absolute Gasteiger partial charge is 0.310 e. The molecule has 0 saturated carbocycles. The highest BCUT2D eigenvalue weighted by molar-refractivity contribution is 5.82. The minimum absolute atomic E-state index is 0.106. The quantitative estimate of drug-likeness (QED) is 0.782. The first kappa shape index (κ1) is 17.6. The summed E-state index contributed by atoms with van der Waals surface area (Å²) in [6.07, 6.45) is 3.24. The third-order valence-electron chi connectivity index (χ3n) is 4.79. The predicted molar refractivity (Wildman–Crippen MR) is 91.7 cm³/mol. The number of ether oxygens (including phenoxy) is 3. The number of carbonyl (C=O) groups is 2. The van der Waals surface area contributed by atoms with Gasteiger partial charge >= 0.3 is 5.97 Å². The molecule has 1 saturated heterocycles. The molecule has 1 aromatic carbocycles. The van der Waals surface area contributed by atoms with E-state index >= 15 is 0 Å². The summed E-state index contributed by atoms with van der Waals surface area (Å²) in [6, 6.07) is 5.79. The van der Waals surface area contributed by atoms with E-state index in [0.29, 0.717) is 24.7 Å². The van der Waals surface area contributed by atoms with Crippen molar-refractivity contribution in [2.75, 3.05) is 19.8 Å². The van der Waals surface area contributed by atoms with E-state index in [0.717, 1.165) is 24.8 Å². The van der Waals surface area contributed by atoms with Crippen molar-refractivity contribution in [1.29, 1.82) is 0 Å². The van der Waals surface area contributed by atoms with Crippen LogP contribution in [0.15, 0.2) is 18.2 Å². The molecule has 2 aliphatic heterocycles. The largest absolute Gasteiger partial charge is 0.486 e. The molecule has 6 nitrogen and oxygen atoms in total. The second kappa shape index (κ2) is 7.76. The molecule has 2 unspecified atom stereocenters. The van der Waals surface area contributed by atoms with Crippen LogP contribution in [0.4, 0.5) is 0 Å². The third kappa shape index (κ3) is 4.24. The van der Waals surface area contributed by atoms with Crippen LogP contribution in [0.2, 0.25) is 0 Å². The summed E-state index contributed by atoms with van der Waals surface area (Å²) in [7, 11) is 0. The van der Waals surface area contributed by atoms with Crippen molar-refractivity contribution in [2.24, 2.45) is 0 Å². The van der Waals surface area contributed by atoms with Crippen molar-refractivity contribution < 1.29 is 23.8 Å². The SMILES string of the molecule is CC1CCCC(C)N1C(=O)COC(=O)Cc1ccc2c(c1)OCCO2. The van der Waals surface area contributed by atoms with Gasteiger partial charge in [0.15, 0.2) is 18.1 Å². The van der Waals surface area contributed by atoms with Crippen molar-refractivity contribution in [3.63, 3.8) is 0 Å². The van der Waals surface area contributed by atoms with Gasteiger partial charge in [0.25, 0.3) is 5.91 Å². The summed E-state index contributed by atoms with van der Waals surface area (Å²) in [5.41, 5.74) is 0.779. The molecule has 0 aliphatic carbocycles. The second-order valence-electron chi connectivity index (χ2n) is 6.75. The topological polar surface area (TPSA) is 65.1 Å². The second-order valence-corrected chi connectivity index (χ2v) is 6.75. The Morgan fingerprint density at radius 2 is 1.80 bits per heavy atom. The maximum Gasteiger partial charge on any atom is 0.310 e. The standard InChI is InChI=1S/C19H25NO5/c1-13-4-3-5-14(2)20(13)18(21)12-25-19(22)11-15-6-7-16-17(10-15)24-9-8-23-16/h6-7,10,13-14H,3-5,8-9,11-12H2,1-2H3. The molecule has 1 fully saturated rings. The molecule has 1 amide bonds. The maximum atomic E-state index is 12.4. The molecule has 25 heavy (non-hydrogen) atoms. The van der Waals surface area contributed by atoms with E-state index in [4.69, 9.17) is 14.2 Å². The maximum absolute atomic E-state index is 12.4. The highest BCUT2D eigenvalue weighted by Gasteiger charge is 2.29. The number of nitrogens with zero attached hydrogens (tertiary/aromatic N) is 1. The number of hydrogen-bond acceptors (Lipinski definition) is 5. The molecule has 3 rings (SSSR count). The monoisotopic (exact) mass is 347 g/mol. The Hall–Kier alpha value is -2.24. The molecule has 0 aromatic heterocycles. The minimum atomic E-state index is -0.414. The van der Waals surface area contributed by atoms with E-state index in [1.807, 2.05) is 24.8 Å². The lowest BCUT2D eigenvalue weighted by Gasteiger charge is -2.38. The van der Waals surface area contributed by atoms with Gasteiger partial charge in [-0.05, 0) is 50.8 Å². The van der Waals surface area contributed by atoms with Crippen molar-refractivity contribution in [1.82, 2.24) is 4.90 Å². The van der Waals surface area contributed by atoms with Gasteiger partial charge in [-0.3, -0.25) is 9.59 Å². The molecule has 0 N–H and O–H groups in total. The molecule has 136 valence electrons. The number of piperidine rings is 1. The number of hydrogen-bond donors (Lipinski definition) is 0. The van der Waals surface area contributed by atoms with E-state index < -0.39 is 5.97 Å². The molecule has 0 radical (unpaired) electrons. The number of esters is 1. The molecule has 6 heteroatoms. The van der Waals surface area contributed by atoms with Gasteiger partial charge in [0.2, 0.25) is 0 Å². The summed E-state index contributed by atoms with van der Waals surface area (Å²) >= 11 is 0. The first-order valence-electron chi connectivity index (χ1n) is 8.90. The lowest BCUT2D eigenvalue weighted by atomic mass is 9.97. The fraction of sp³-hybridized carbons (Fsp3) is 0.579. The number of amides is 1. The van der Waals surface area contributed by atoms with Crippen LogP contribution in [0, 0.1) is 0 Å². The molecule has 0 bridgehead atoms. The minimum Gasteiger partial charge on any atom is -0.486 e. The average Bonchev–Trinajstić information content (AvgIpc) is 2.60. The van der Waals surface area contributed by atoms with Gasteiger partial charge in [-0.15, -0.1) is 0 Å². The zero-order chi connectivity index (χ0) is 17.8. The summed E-state index contributed by atoms with van der Waals surface area (Å²) in [5.74, 6) is 0.799. The highest BCUT2D eigenvalue weighted by atomic mass is 16.6. The first-order valence-corrected chi connectivity index (χ1v) is 8.90. The lowest BCUT2D eigenvalue weighted by molar-refractivity contribution is -0.154. The molecule has 0 spiro atoms. The Balaban J connectivity index is 1.51. The molecule has 2 heterocycles. The van der Waals surface area contributed by atoms with Crippen molar-refractivity contribution in [3.8, 4) is 11.5 Å². The Kier molecular flexibility index (Phi) is 5.46. The van der Waals surface area contributed by atoms with Crippen LogP contribution in [0.25, 0.3) is 0 Å². The van der Waals surface area contributed by atoms with Crippen LogP contribution in [0.3, 0.4) is 0 Å². The Morgan fingerprint density at radius 3 is 2.52 bits per heavy atom. The van der Waals surface area contributed by atoms with Gasteiger partial charge in [-0.2, -0.15) is 0 Å². The fourth-order valence-corrected chi connectivity index (χ4v) is 3.55. The molecule has 1 aromatic rings. The van der Waals surface area contributed by atoms with Crippen LogP contribution in [0.5, 0.6) is 11.5 Å². The first-order chi connectivity index (χ1) is 12.0. The van der Waals surface area contributed by atoms with Gasteiger partial charge in [0.05, 0.1) is 6.42 Å².